The van der Waals surface area contributed by atoms with Crippen LogP contribution in [0.3, 0.4) is 0 Å². The lowest BCUT2D eigenvalue weighted by atomic mass is 10.0. The molecular formula is C19H23N3O3S. The minimum atomic E-state index is -0.443. The molecule has 1 amide bonds. The molecule has 1 saturated heterocycles. The molecule has 2 heterocycles. The van der Waals surface area contributed by atoms with Gasteiger partial charge in [-0.3, -0.25) is 19.8 Å². The van der Waals surface area contributed by atoms with Gasteiger partial charge >= 0.3 is 0 Å². The first-order valence-electron chi connectivity index (χ1n) is 8.79. The highest BCUT2D eigenvalue weighted by Gasteiger charge is 2.25. The average molecular weight is 373 g/mol. The molecule has 138 valence electrons. The van der Waals surface area contributed by atoms with Crippen molar-refractivity contribution in [2.24, 2.45) is 0 Å². The van der Waals surface area contributed by atoms with E-state index in [0.717, 1.165) is 13.1 Å². The molecule has 1 aromatic heterocycles. The third kappa shape index (κ3) is 4.11. The molecule has 0 spiro atoms. The second-order valence-electron chi connectivity index (χ2n) is 6.69. The molecule has 1 N–H and O–H groups in total. The molecule has 0 bridgehead atoms. The summed E-state index contributed by atoms with van der Waals surface area (Å²) < 4.78 is 0. The molecule has 1 aliphatic heterocycles. The molecule has 2 aromatic rings. The first-order valence-corrected chi connectivity index (χ1v) is 9.61. The maximum atomic E-state index is 12.5. The molecule has 3 rings (SSSR count). The molecule has 1 unspecified atom stereocenters. The summed E-state index contributed by atoms with van der Waals surface area (Å²) in [6, 6.07) is 9.90. The van der Waals surface area contributed by atoms with Gasteiger partial charge in [-0.05, 0) is 45.3 Å². The summed E-state index contributed by atoms with van der Waals surface area (Å²) in [7, 11) is 0. The third-order valence-corrected chi connectivity index (χ3v) is 5.85. The van der Waals surface area contributed by atoms with Crippen LogP contribution < -0.4 is 5.32 Å². The van der Waals surface area contributed by atoms with Gasteiger partial charge in [0.25, 0.3) is 11.6 Å². The smallest absolute Gasteiger partial charge is 0.283 e. The van der Waals surface area contributed by atoms with Crippen molar-refractivity contribution < 1.29 is 9.72 Å². The van der Waals surface area contributed by atoms with Gasteiger partial charge in [-0.1, -0.05) is 29.8 Å². The predicted octanol–water partition coefficient (Wildman–Crippen LogP) is 3.84. The van der Waals surface area contributed by atoms with Gasteiger partial charge in [-0.2, -0.15) is 0 Å². The molecule has 1 aromatic carbocycles. The molecule has 7 heteroatoms. The first-order chi connectivity index (χ1) is 12.5. The summed E-state index contributed by atoms with van der Waals surface area (Å²) in [5.41, 5.74) is 2.40. The summed E-state index contributed by atoms with van der Waals surface area (Å²) >= 11 is 1.17. The number of carbonyl (C=O) groups is 1. The monoisotopic (exact) mass is 373 g/mol. The topological polar surface area (TPSA) is 75.5 Å². The lowest BCUT2D eigenvalue weighted by Gasteiger charge is -2.28. The van der Waals surface area contributed by atoms with Crippen LogP contribution in [0, 0.1) is 24.0 Å². The van der Waals surface area contributed by atoms with E-state index < -0.39 is 4.92 Å². The quantitative estimate of drug-likeness (QED) is 0.617. The van der Waals surface area contributed by atoms with E-state index in [1.807, 2.05) is 0 Å². The number of hydrogen-bond acceptors (Lipinski definition) is 5. The van der Waals surface area contributed by atoms with Crippen LogP contribution in [-0.2, 0) is 0 Å². The summed E-state index contributed by atoms with van der Waals surface area (Å²) in [4.78, 5) is 26.4. The van der Waals surface area contributed by atoms with Gasteiger partial charge in [-0.25, -0.2) is 0 Å². The van der Waals surface area contributed by atoms with Crippen LogP contribution in [0.1, 0.15) is 44.6 Å². The third-order valence-electron chi connectivity index (χ3n) is 4.81. The highest BCUT2D eigenvalue weighted by Crippen LogP contribution is 2.29. The SMILES string of the molecule is Cc1ccc(C(CNC(=O)c2cc([N+](=O)[O-])c(C)s2)N2CCCC2)cc1. The maximum absolute atomic E-state index is 12.5. The van der Waals surface area contributed by atoms with Crippen molar-refractivity contribution in [2.45, 2.75) is 32.7 Å². The molecule has 0 radical (unpaired) electrons. The molecule has 26 heavy (non-hydrogen) atoms. The molecule has 6 nitrogen and oxygen atoms in total. The minimum Gasteiger partial charge on any atom is -0.349 e. The van der Waals surface area contributed by atoms with Gasteiger partial charge in [0.2, 0.25) is 0 Å². The van der Waals surface area contributed by atoms with Crippen LogP contribution in [0.15, 0.2) is 30.3 Å². The number of hydrogen-bond donors (Lipinski definition) is 1. The van der Waals surface area contributed by atoms with Crippen LogP contribution in [0.2, 0.25) is 0 Å². The Morgan fingerprint density at radius 3 is 2.50 bits per heavy atom. The van der Waals surface area contributed by atoms with Crippen LogP contribution in [-0.4, -0.2) is 35.4 Å². The highest BCUT2D eigenvalue weighted by atomic mass is 32.1. The molecule has 0 saturated carbocycles. The van der Waals surface area contributed by atoms with Crippen molar-refractivity contribution in [3.63, 3.8) is 0 Å². The van der Waals surface area contributed by atoms with Crippen molar-refractivity contribution in [3.8, 4) is 0 Å². The predicted molar refractivity (Wildman–Crippen MR) is 103 cm³/mol. The van der Waals surface area contributed by atoms with Crippen molar-refractivity contribution >= 4 is 22.9 Å². The average Bonchev–Trinajstić information content (AvgIpc) is 3.26. The number of thiophene rings is 1. The van der Waals surface area contributed by atoms with E-state index in [4.69, 9.17) is 0 Å². The van der Waals surface area contributed by atoms with Gasteiger partial charge in [0, 0.05) is 12.6 Å². The Balaban J connectivity index is 1.73. The van der Waals surface area contributed by atoms with Gasteiger partial charge in [-0.15, -0.1) is 11.3 Å². The van der Waals surface area contributed by atoms with Gasteiger partial charge in [0.05, 0.1) is 20.7 Å². The van der Waals surface area contributed by atoms with E-state index in [9.17, 15) is 14.9 Å². The second kappa shape index (κ2) is 7.97. The van der Waals surface area contributed by atoms with E-state index >= 15 is 0 Å². The summed E-state index contributed by atoms with van der Waals surface area (Å²) in [6.07, 6.45) is 2.35. The van der Waals surface area contributed by atoms with Crippen molar-refractivity contribution in [1.82, 2.24) is 10.2 Å². The summed E-state index contributed by atoms with van der Waals surface area (Å²) in [6.45, 7) is 6.27. The zero-order valence-electron chi connectivity index (χ0n) is 15.0. The molecule has 1 fully saturated rings. The number of nitro groups is 1. The lowest BCUT2D eigenvalue weighted by molar-refractivity contribution is -0.385. The Morgan fingerprint density at radius 2 is 1.92 bits per heavy atom. The fourth-order valence-electron chi connectivity index (χ4n) is 3.34. The Hall–Kier alpha value is -2.25. The zero-order valence-corrected chi connectivity index (χ0v) is 15.8. The van der Waals surface area contributed by atoms with Crippen LogP contribution in [0.5, 0.6) is 0 Å². The van der Waals surface area contributed by atoms with E-state index in [-0.39, 0.29) is 17.6 Å². The van der Waals surface area contributed by atoms with Crippen molar-refractivity contribution in [3.05, 3.63) is 61.3 Å². The second-order valence-corrected chi connectivity index (χ2v) is 7.95. The van der Waals surface area contributed by atoms with Gasteiger partial charge in [0.15, 0.2) is 0 Å². The summed E-state index contributed by atoms with van der Waals surface area (Å²) in [5.74, 6) is -0.248. The number of amides is 1. The van der Waals surface area contributed by atoms with E-state index in [2.05, 4.69) is 41.4 Å². The number of nitrogens with one attached hydrogen (secondary N) is 1. The minimum absolute atomic E-state index is 0.00905. The number of rotatable bonds is 6. The Morgan fingerprint density at radius 1 is 1.27 bits per heavy atom. The number of likely N-dealkylation sites (tertiary alicyclic amines) is 1. The van der Waals surface area contributed by atoms with Gasteiger partial charge in [0.1, 0.15) is 0 Å². The Labute approximate surface area is 157 Å². The standard InChI is InChI=1S/C19H23N3O3S/c1-13-5-7-15(8-6-13)17(21-9-3-4-10-21)12-20-19(23)18-11-16(22(24)25)14(2)26-18/h5-8,11,17H,3-4,9-10,12H2,1-2H3,(H,20,23). The van der Waals surface area contributed by atoms with Crippen LogP contribution >= 0.6 is 11.3 Å². The highest BCUT2D eigenvalue weighted by molar-refractivity contribution is 7.14. The van der Waals surface area contributed by atoms with E-state index in [1.165, 1.54) is 41.4 Å². The molecule has 0 aliphatic carbocycles. The Kier molecular flexibility index (Phi) is 5.68. The van der Waals surface area contributed by atoms with E-state index in [0.29, 0.717) is 16.3 Å². The zero-order chi connectivity index (χ0) is 18.7. The Bertz CT molecular complexity index is 795. The normalized spacial score (nSPS) is 15.8. The fraction of sp³-hybridized carbons (Fsp3) is 0.421. The summed E-state index contributed by atoms with van der Waals surface area (Å²) in [5, 5.41) is 14.0. The number of benzene rings is 1. The number of nitrogens with zero attached hydrogens (tertiary/aromatic N) is 2. The molecular weight excluding hydrogens is 350 g/mol. The lowest BCUT2D eigenvalue weighted by Crippen LogP contribution is -2.36. The fourth-order valence-corrected chi connectivity index (χ4v) is 4.25. The molecule has 1 atom stereocenters. The van der Waals surface area contributed by atoms with Crippen LogP contribution in [0.4, 0.5) is 5.69 Å². The largest absolute Gasteiger partial charge is 0.349 e. The first kappa shape index (κ1) is 18.5. The van der Waals surface area contributed by atoms with Gasteiger partial charge < -0.3 is 5.32 Å². The maximum Gasteiger partial charge on any atom is 0.283 e. The molecule has 1 aliphatic rings. The number of aryl methyl sites for hydroxylation is 2. The van der Waals surface area contributed by atoms with Crippen molar-refractivity contribution in [1.29, 1.82) is 0 Å². The van der Waals surface area contributed by atoms with Crippen molar-refractivity contribution in [2.75, 3.05) is 19.6 Å². The van der Waals surface area contributed by atoms with Crippen LogP contribution in [0.25, 0.3) is 0 Å². The number of carbonyl (C=O) groups excluding carboxylic acids is 1. The van der Waals surface area contributed by atoms with E-state index in [1.54, 1.807) is 6.92 Å².